The Bertz CT molecular complexity index is 132. The average Bonchev–Trinajstić information content (AvgIpc) is 1.99. The van der Waals surface area contributed by atoms with Crippen LogP contribution < -0.4 is 0 Å². The van der Waals surface area contributed by atoms with Crippen molar-refractivity contribution in [2.24, 2.45) is 5.92 Å². The van der Waals surface area contributed by atoms with Crippen LogP contribution in [0.1, 0.15) is 34.1 Å². The van der Waals surface area contributed by atoms with E-state index in [9.17, 15) is 0 Å². The molecule has 0 saturated heterocycles. The second-order valence-corrected chi connectivity index (χ2v) is 8.72. The molecule has 0 aromatic rings. The molecule has 0 aromatic carbocycles. The lowest BCUT2D eigenvalue weighted by Crippen LogP contribution is -2.37. The van der Waals surface area contributed by atoms with E-state index in [1.54, 1.807) is 0 Å². The summed E-state index contributed by atoms with van der Waals surface area (Å²) in [5, 5.41) is 0. The third kappa shape index (κ3) is 4.82. The first-order valence-electron chi connectivity index (χ1n) is 5.43. The summed E-state index contributed by atoms with van der Waals surface area (Å²) in [7, 11) is -1.45. The van der Waals surface area contributed by atoms with E-state index in [0.717, 1.165) is 6.61 Å². The van der Waals surface area contributed by atoms with Crippen molar-refractivity contribution in [2.45, 2.75) is 52.8 Å². The quantitative estimate of drug-likeness (QED) is 0.593. The molecule has 1 unspecified atom stereocenters. The van der Waals surface area contributed by atoms with E-state index in [4.69, 9.17) is 4.43 Å². The molecule has 1 atom stereocenters. The van der Waals surface area contributed by atoms with Gasteiger partial charge in [0.1, 0.15) is 0 Å². The lowest BCUT2D eigenvalue weighted by molar-refractivity contribution is 0.319. The van der Waals surface area contributed by atoms with Gasteiger partial charge in [0.05, 0.1) is 0 Å². The van der Waals surface area contributed by atoms with E-state index in [-0.39, 0.29) is 0 Å². The Hall–Kier alpha value is 0.177. The van der Waals surface area contributed by atoms with Crippen molar-refractivity contribution in [1.29, 1.82) is 0 Å². The smallest absolute Gasteiger partial charge is 0.190 e. The van der Waals surface area contributed by atoms with Crippen LogP contribution in [0.3, 0.4) is 0 Å². The minimum absolute atomic E-state index is 0.678. The fourth-order valence-electron chi connectivity index (χ4n) is 1.80. The highest BCUT2D eigenvalue weighted by Gasteiger charge is 2.32. The fourth-order valence-corrected chi connectivity index (χ4v) is 4.59. The van der Waals surface area contributed by atoms with Gasteiger partial charge in [-0.25, -0.2) is 0 Å². The van der Waals surface area contributed by atoms with E-state index in [1.165, 1.54) is 6.42 Å². The zero-order chi connectivity index (χ0) is 10.5. The largest absolute Gasteiger partial charge is 0.417 e. The Morgan fingerprint density at radius 2 is 1.77 bits per heavy atom. The van der Waals surface area contributed by atoms with E-state index >= 15 is 0 Å². The lowest BCUT2D eigenvalue weighted by atomic mass is 10.1. The summed E-state index contributed by atoms with van der Waals surface area (Å²) >= 11 is 0. The Labute approximate surface area is 85.0 Å². The Morgan fingerprint density at radius 1 is 1.23 bits per heavy atom. The van der Waals surface area contributed by atoms with Crippen LogP contribution in [-0.4, -0.2) is 14.9 Å². The van der Waals surface area contributed by atoms with Crippen molar-refractivity contribution >= 4 is 8.32 Å². The molecule has 79 valence electrons. The normalized spacial score (nSPS) is 15.0. The van der Waals surface area contributed by atoms with Crippen LogP contribution >= 0.6 is 0 Å². The second-order valence-electron chi connectivity index (χ2n) is 4.49. The molecule has 0 heterocycles. The molecule has 0 N–H and O–H groups in total. The van der Waals surface area contributed by atoms with Crippen molar-refractivity contribution < 1.29 is 4.43 Å². The zero-order valence-corrected chi connectivity index (χ0v) is 11.1. The maximum atomic E-state index is 5.89. The molecule has 2 heteroatoms. The molecule has 0 aliphatic heterocycles. The molecule has 0 amide bonds. The summed E-state index contributed by atoms with van der Waals surface area (Å²) in [4.78, 5) is 0. The van der Waals surface area contributed by atoms with Gasteiger partial charge in [-0.1, -0.05) is 27.2 Å². The molecule has 0 fully saturated rings. The topological polar surface area (TPSA) is 9.23 Å². The van der Waals surface area contributed by atoms with Gasteiger partial charge >= 0.3 is 0 Å². The van der Waals surface area contributed by atoms with Crippen LogP contribution in [0.25, 0.3) is 0 Å². The van der Waals surface area contributed by atoms with Crippen LogP contribution in [0.5, 0.6) is 0 Å². The molecule has 1 radical (unpaired) electrons. The molecule has 0 spiro atoms. The lowest BCUT2D eigenvalue weighted by Gasteiger charge is -2.32. The van der Waals surface area contributed by atoms with E-state index in [0.29, 0.717) is 11.5 Å². The monoisotopic (exact) mass is 201 g/mol. The van der Waals surface area contributed by atoms with E-state index in [2.05, 4.69) is 47.2 Å². The number of hydrogen-bond donors (Lipinski definition) is 0. The van der Waals surface area contributed by atoms with Crippen molar-refractivity contribution in [1.82, 2.24) is 0 Å². The molecule has 0 aromatic heterocycles. The van der Waals surface area contributed by atoms with Crippen LogP contribution in [0.15, 0.2) is 0 Å². The maximum absolute atomic E-state index is 5.89. The van der Waals surface area contributed by atoms with Crippen molar-refractivity contribution in [3.63, 3.8) is 0 Å². The molecule has 13 heavy (non-hydrogen) atoms. The highest BCUT2D eigenvalue weighted by atomic mass is 28.4. The number of rotatable bonds is 6. The van der Waals surface area contributed by atoms with Gasteiger partial charge in [-0.15, -0.1) is 0 Å². The third-order valence-corrected chi connectivity index (χ3v) is 5.89. The van der Waals surface area contributed by atoms with Crippen molar-refractivity contribution in [3.05, 3.63) is 6.42 Å². The van der Waals surface area contributed by atoms with Gasteiger partial charge in [0.25, 0.3) is 0 Å². The van der Waals surface area contributed by atoms with Crippen LogP contribution in [0, 0.1) is 12.3 Å². The fraction of sp³-hybridized carbons (Fsp3) is 0.909. The molecule has 0 saturated carbocycles. The van der Waals surface area contributed by atoms with Crippen molar-refractivity contribution in [3.8, 4) is 0 Å². The second kappa shape index (κ2) is 5.81. The minimum Gasteiger partial charge on any atom is -0.417 e. The summed E-state index contributed by atoms with van der Waals surface area (Å²) in [6, 6.07) is 0. The van der Waals surface area contributed by atoms with Crippen LogP contribution in [0.4, 0.5) is 0 Å². The summed E-state index contributed by atoms with van der Waals surface area (Å²) in [5.41, 5.74) is 0.701. The van der Waals surface area contributed by atoms with Gasteiger partial charge in [-0.2, -0.15) is 0 Å². The first-order chi connectivity index (χ1) is 5.94. The van der Waals surface area contributed by atoms with Gasteiger partial charge in [0.15, 0.2) is 8.32 Å². The molecule has 0 aliphatic carbocycles. The Balaban J connectivity index is 4.19. The first-order valence-corrected chi connectivity index (χ1v) is 8.41. The van der Waals surface area contributed by atoms with Crippen LogP contribution in [0.2, 0.25) is 18.6 Å². The summed E-state index contributed by atoms with van der Waals surface area (Å²) in [6.07, 6.45) is 3.68. The Kier molecular flexibility index (Phi) is 5.89. The maximum Gasteiger partial charge on any atom is 0.190 e. The molecule has 1 nitrogen and oxygen atoms in total. The van der Waals surface area contributed by atoms with E-state index < -0.39 is 8.32 Å². The minimum atomic E-state index is -1.45. The highest BCUT2D eigenvalue weighted by molar-refractivity contribution is 6.73. The molecular formula is C11H25OSi. The standard InChI is InChI=1S/C11H25OSi/c1-7-11(9-10(3)4)13(5,6)12-8-2/h9-11H,7-8H2,1-6H3. The SMILES string of the molecule is CCO[Si](C)(C)C([CH]C(C)C)CC. The summed E-state index contributed by atoms with van der Waals surface area (Å²) < 4.78 is 5.89. The van der Waals surface area contributed by atoms with Crippen molar-refractivity contribution in [2.75, 3.05) is 6.61 Å². The van der Waals surface area contributed by atoms with Gasteiger partial charge < -0.3 is 4.43 Å². The average molecular weight is 201 g/mol. The third-order valence-electron chi connectivity index (χ3n) is 2.47. The van der Waals surface area contributed by atoms with E-state index in [1.807, 2.05) is 0 Å². The molecule has 0 bridgehead atoms. The first kappa shape index (κ1) is 13.2. The van der Waals surface area contributed by atoms with Gasteiger partial charge in [-0.3, -0.25) is 0 Å². The molecule has 0 aliphatic rings. The van der Waals surface area contributed by atoms with Gasteiger partial charge in [0.2, 0.25) is 0 Å². The van der Waals surface area contributed by atoms with Crippen LogP contribution in [-0.2, 0) is 4.43 Å². The van der Waals surface area contributed by atoms with Gasteiger partial charge in [0, 0.05) is 6.61 Å². The summed E-state index contributed by atoms with van der Waals surface area (Å²) in [6.45, 7) is 14.4. The van der Waals surface area contributed by atoms with Gasteiger partial charge in [-0.05, 0) is 37.9 Å². The zero-order valence-electron chi connectivity index (χ0n) is 10.1. The summed E-state index contributed by atoms with van der Waals surface area (Å²) in [5.74, 6) is 0.678. The number of hydrogen-bond acceptors (Lipinski definition) is 1. The molecule has 0 rings (SSSR count). The molecular weight excluding hydrogens is 176 g/mol. The predicted molar refractivity (Wildman–Crippen MR) is 62.3 cm³/mol. The highest BCUT2D eigenvalue weighted by Crippen LogP contribution is 2.31. The Morgan fingerprint density at radius 3 is 2.08 bits per heavy atom. The predicted octanol–water partition coefficient (Wildman–Crippen LogP) is 3.87.